The summed E-state index contributed by atoms with van der Waals surface area (Å²) < 4.78 is 1.79. The minimum Gasteiger partial charge on any atom is -0.336 e. The van der Waals surface area contributed by atoms with Crippen LogP contribution < -0.4 is 0 Å². The van der Waals surface area contributed by atoms with Crippen molar-refractivity contribution in [2.24, 2.45) is 0 Å². The van der Waals surface area contributed by atoms with E-state index in [0.29, 0.717) is 24.7 Å². The van der Waals surface area contributed by atoms with Gasteiger partial charge in [-0.15, -0.1) is 11.6 Å². The fourth-order valence-corrected chi connectivity index (χ4v) is 2.19. The van der Waals surface area contributed by atoms with Crippen LogP contribution in [0.25, 0.3) is 0 Å². The summed E-state index contributed by atoms with van der Waals surface area (Å²) in [7, 11) is 0. The molecule has 0 bridgehead atoms. The number of hydrogen-bond acceptors (Lipinski definition) is 2. The highest BCUT2D eigenvalue weighted by Crippen LogP contribution is 2.10. The van der Waals surface area contributed by atoms with Gasteiger partial charge in [0.05, 0.1) is 5.69 Å². The second kappa shape index (κ2) is 8.20. The van der Waals surface area contributed by atoms with Gasteiger partial charge in [0.1, 0.15) is 5.69 Å². The number of alkyl halides is 1. The maximum Gasteiger partial charge on any atom is 0.272 e. The van der Waals surface area contributed by atoms with Crippen molar-refractivity contribution < 1.29 is 4.79 Å². The summed E-state index contributed by atoms with van der Waals surface area (Å²) in [5.74, 6) is 0.513. The van der Waals surface area contributed by atoms with Crippen LogP contribution in [0.2, 0.25) is 0 Å². The predicted octanol–water partition coefficient (Wildman–Crippen LogP) is 2.95. The van der Waals surface area contributed by atoms with Crippen LogP contribution >= 0.6 is 11.6 Å². The lowest BCUT2D eigenvalue weighted by Gasteiger charge is -2.21. The minimum absolute atomic E-state index is 0.0446. The molecule has 0 spiro atoms. The van der Waals surface area contributed by atoms with Gasteiger partial charge < -0.3 is 4.90 Å². The third-order valence-electron chi connectivity index (χ3n) is 3.13. The number of amides is 1. The molecule has 0 aliphatic heterocycles. The highest BCUT2D eigenvalue weighted by Gasteiger charge is 2.19. The van der Waals surface area contributed by atoms with Crippen LogP contribution in [0.4, 0.5) is 0 Å². The standard InChI is InChI=1S/C14H24ClN3O/c1-4-7-9-17(10-8-15)14(19)13-11-12(5-2)16-18(13)6-3/h11H,4-10H2,1-3H3. The molecule has 19 heavy (non-hydrogen) atoms. The lowest BCUT2D eigenvalue weighted by atomic mass is 10.2. The van der Waals surface area contributed by atoms with Crippen molar-refractivity contribution >= 4 is 17.5 Å². The Labute approximate surface area is 120 Å². The quantitative estimate of drug-likeness (QED) is 0.689. The molecule has 0 saturated carbocycles. The lowest BCUT2D eigenvalue weighted by Crippen LogP contribution is -2.35. The molecule has 1 aromatic rings. The number of rotatable bonds is 8. The van der Waals surface area contributed by atoms with E-state index in [9.17, 15) is 4.79 Å². The first kappa shape index (κ1) is 16.0. The van der Waals surface area contributed by atoms with Gasteiger partial charge in [0.2, 0.25) is 0 Å². The summed E-state index contributed by atoms with van der Waals surface area (Å²) in [5.41, 5.74) is 1.65. The number of carbonyl (C=O) groups excluding carboxylic acids is 1. The summed E-state index contributed by atoms with van der Waals surface area (Å²) in [6.45, 7) is 8.24. The smallest absolute Gasteiger partial charge is 0.272 e. The molecule has 0 aliphatic rings. The number of nitrogens with zero attached hydrogens (tertiary/aromatic N) is 3. The van der Waals surface area contributed by atoms with Gasteiger partial charge in [-0.25, -0.2) is 0 Å². The molecule has 0 saturated heterocycles. The zero-order valence-electron chi connectivity index (χ0n) is 12.2. The Morgan fingerprint density at radius 1 is 1.37 bits per heavy atom. The Morgan fingerprint density at radius 3 is 2.63 bits per heavy atom. The monoisotopic (exact) mass is 285 g/mol. The topological polar surface area (TPSA) is 38.1 Å². The summed E-state index contributed by atoms with van der Waals surface area (Å²) in [6, 6.07) is 1.90. The van der Waals surface area contributed by atoms with Crippen LogP contribution in [0.5, 0.6) is 0 Å². The summed E-state index contributed by atoms with van der Waals surface area (Å²) in [6.07, 6.45) is 2.92. The first-order valence-corrected chi connectivity index (χ1v) is 7.63. The van der Waals surface area contributed by atoms with Gasteiger partial charge >= 0.3 is 0 Å². The van der Waals surface area contributed by atoms with Gasteiger partial charge in [0, 0.05) is 25.5 Å². The van der Waals surface area contributed by atoms with E-state index in [4.69, 9.17) is 11.6 Å². The molecule has 0 radical (unpaired) electrons. The summed E-state index contributed by atoms with van der Waals surface area (Å²) in [5, 5.41) is 4.43. The molecular formula is C14H24ClN3O. The maximum absolute atomic E-state index is 12.6. The van der Waals surface area contributed by atoms with Crippen molar-refractivity contribution in [3.05, 3.63) is 17.5 Å². The first-order valence-electron chi connectivity index (χ1n) is 7.09. The largest absolute Gasteiger partial charge is 0.336 e. The zero-order chi connectivity index (χ0) is 14.3. The molecule has 0 atom stereocenters. The fraction of sp³-hybridized carbons (Fsp3) is 0.714. The predicted molar refractivity (Wildman–Crippen MR) is 78.8 cm³/mol. The van der Waals surface area contributed by atoms with E-state index < -0.39 is 0 Å². The number of unbranched alkanes of at least 4 members (excludes halogenated alkanes) is 1. The number of aryl methyl sites for hydroxylation is 2. The average molecular weight is 286 g/mol. The van der Waals surface area contributed by atoms with Crippen molar-refractivity contribution in [2.45, 2.75) is 46.6 Å². The summed E-state index contributed by atoms with van der Waals surface area (Å²) in [4.78, 5) is 14.4. The van der Waals surface area contributed by atoms with Crippen LogP contribution in [-0.2, 0) is 13.0 Å². The maximum atomic E-state index is 12.6. The van der Waals surface area contributed by atoms with Crippen LogP contribution in [0.1, 0.15) is 49.8 Å². The molecule has 4 nitrogen and oxygen atoms in total. The molecule has 0 aromatic carbocycles. The Bertz CT molecular complexity index is 403. The highest BCUT2D eigenvalue weighted by molar-refractivity contribution is 6.18. The molecule has 0 unspecified atom stereocenters. The average Bonchev–Trinajstić information content (AvgIpc) is 2.86. The molecule has 108 valence electrons. The lowest BCUT2D eigenvalue weighted by molar-refractivity contribution is 0.0751. The van der Waals surface area contributed by atoms with E-state index >= 15 is 0 Å². The molecule has 0 aliphatic carbocycles. The van der Waals surface area contributed by atoms with Crippen molar-refractivity contribution in [3.8, 4) is 0 Å². The normalized spacial score (nSPS) is 10.7. The van der Waals surface area contributed by atoms with Gasteiger partial charge in [0.15, 0.2) is 0 Å². The second-order valence-electron chi connectivity index (χ2n) is 4.52. The van der Waals surface area contributed by atoms with Gasteiger partial charge in [0.25, 0.3) is 5.91 Å². The van der Waals surface area contributed by atoms with Crippen LogP contribution in [-0.4, -0.2) is 39.6 Å². The van der Waals surface area contributed by atoms with E-state index in [1.807, 2.05) is 24.8 Å². The third kappa shape index (κ3) is 4.23. The Morgan fingerprint density at radius 2 is 2.11 bits per heavy atom. The number of aromatic nitrogens is 2. The Hall–Kier alpha value is -1.03. The van der Waals surface area contributed by atoms with Gasteiger partial charge in [-0.2, -0.15) is 5.10 Å². The number of carbonyl (C=O) groups is 1. The molecule has 1 heterocycles. The fourth-order valence-electron chi connectivity index (χ4n) is 1.98. The Balaban J connectivity index is 2.90. The van der Waals surface area contributed by atoms with Gasteiger partial charge in [-0.05, 0) is 25.8 Å². The molecule has 0 fully saturated rings. The van der Waals surface area contributed by atoms with E-state index in [0.717, 1.165) is 31.5 Å². The van der Waals surface area contributed by atoms with Gasteiger partial charge in [-0.1, -0.05) is 20.3 Å². The third-order valence-corrected chi connectivity index (χ3v) is 3.30. The molecular weight excluding hydrogens is 262 g/mol. The summed E-state index contributed by atoms with van der Waals surface area (Å²) >= 11 is 5.80. The number of hydrogen-bond donors (Lipinski definition) is 0. The Kier molecular flexibility index (Phi) is 6.92. The highest BCUT2D eigenvalue weighted by atomic mass is 35.5. The van der Waals surface area contributed by atoms with Crippen LogP contribution in [0.3, 0.4) is 0 Å². The molecule has 1 amide bonds. The zero-order valence-corrected chi connectivity index (χ0v) is 12.9. The van der Waals surface area contributed by atoms with Gasteiger partial charge in [-0.3, -0.25) is 9.48 Å². The van der Waals surface area contributed by atoms with Crippen molar-refractivity contribution in [2.75, 3.05) is 19.0 Å². The molecule has 5 heteroatoms. The van der Waals surface area contributed by atoms with Crippen molar-refractivity contribution in [1.82, 2.24) is 14.7 Å². The molecule has 1 rings (SSSR count). The van der Waals surface area contributed by atoms with Crippen LogP contribution in [0, 0.1) is 0 Å². The van der Waals surface area contributed by atoms with E-state index in [1.54, 1.807) is 4.68 Å². The van der Waals surface area contributed by atoms with E-state index in [1.165, 1.54) is 0 Å². The SMILES string of the molecule is CCCCN(CCCl)C(=O)c1cc(CC)nn1CC. The molecule has 0 N–H and O–H groups in total. The van der Waals surface area contributed by atoms with E-state index in [-0.39, 0.29) is 5.91 Å². The second-order valence-corrected chi connectivity index (χ2v) is 4.90. The van der Waals surface area contributed by atoms with Crippen molar-refractivity contribution in [3.63, 3.8) is 0 Å². The minimum atomic E-state index is 0.0446. The van der Waals surface area contributed by atoms with E-state index in [2.05, 4.69) is 12.0 Å². The molecule has 1 aromatic heterocycles. The van der Waals surface area contributed by atoms with Crippen molar-refractivity contribution in [1.29, 1.82) is 0 Å². The van der Waals surface area contributed by atoms with Crippen LogP contribution in [0.15, 0.2) is 6.07 Å². The first-order chi connectivity index (χ1) is 9.17. The number of halogens is 1.